The van der Waals surface area contributed by atoms with Gasteiger partial charge in [-0.05, 0) is 29.0 Å². The number of aliphatic imine (C=N–C) groups is 1. The highest BCUT2D eigenvalue weighted by Crippen LogP contribution is 2.28. The van der Waals surface area contributed by atoms with Gasteiger partial charge in [-0.1, -0.05) is 36.6 Å². The summed E-state index contributed by atoms with van der Waals surface area (Å²) < 4.78 is 0. The second kappa shape index (κ2) is 7.12. The van der Waals surface area contributed by atoms with Crippen LogP contribution in [0, 0.1) is 0 Å². The first-order chi connectivity index (χ1) is 6.83. The monoisotopic (exact) mass is 229 g/mol. The van der Waals surface area contributed by atoms with Gasteiger partial charge in [0.15, 0.2) is 0 Å². The fourth-order valence-electron chi connectivity index (χ4n) is 1.10. The van der Waals surface area contributed by atoms with Crippen LogP contribution in [0.1, 0.15) is 39.0 Å². The van der Waals surface area contributed by atoms with Crippen molar-refractivity contribution in [2.75, 3.05) is 0 Å². The van der Waals surface area contributed by atoms with E-state index in [1.54, 1.807) is 21.6 Å². The molecule has 0 unspecified atom stereocenters. The van der Waals surface area contributed by atoms with E-state index in [4.69, 9.17) is 0 Å². The van der Waals surface area contributed by atoms with E-state index in [-0.39, 0.29) is 5.91 Å². The number of hydrogen-bond donors (Lipinski definition) is 0. The molecule has 0 saturated heterocycles. The van der Waals surface area contributed by atoms with Gasteiger partial charge in [0.05, 0.1) is 5.04 Å². The second-order valence-electron chi connectivity index (χ2n) is 3.11. The molecule has 1 amide bonds. The molecule has 14 heavy (non-hydrogen) atoms. The molecule has 0 aromatic rings. The zero-order valence-corrected chi connectivity index (χ0v) is 10.00. The third kappa shape index (κ3) is 4.86. The molecule has 0 aromatic heterocycles. The Bertz CT molecular complexity index is 249. The van der Waals surface area contributed by atoms with Crippen LogP contribution in [0.15, 0.2) is 16.5 Å². The molecule has 0 bridgehead atoms. The van der Waals surface area contributed by atoms with Crippen molar-refractivity contribution >= 4 is 32.5 Å². The lowest BCUT2D eigenvalue weighted by Crippen LogP contribution is -1.99. The Labute approximate surface area is 93.0 Å². The lowest BCUT2D eigenvalue weighted by atomic mass is 10.2. The Morgan fingerprint density at radius 3 is 3.14 bits per heavy atom. The Balaban J connectivity index is 2.40. The van der Waals surface area contributed by atoms with Gasteiger partial charge < -0.3 is 0 Å². The first kappa shape index (κ1) is 11.9. The van der Waals surface area contributed by atoms with Crippen LogP contribution in [0.2, 0.25) is 0 Å². The van der Waals surface area contributed by atoms with E-state index in [0.717, 1.165) is 17.9 Å². The lowest BCUT2D eigenvalue weighted by Gasteiger charge is -2.04. The summed E-state index contributed by atoms with van der Waals surface area (Å²) in [7, 11) is 3.26. The molecule has 0 N–H and O–H groups in total. The van der Waals surface area contributed by atoms with Crippen molar-refractivity contribution in [2.24, 2.45) is 4.99 Å². The smallest absolute Gasteiger partial charge is 0.250 e. The van der Waals surface area contributed by atoms with E-state index in [1.807, 2.05) is 11.5 Å². The SMILES string of the molecule is CCCCC/C1=N/C(=O)C/C=C\SS1. The van der Waals surface area contributed by atoms with E-state index in [2.05, 4.69) is 11.9 Å². The van der Waals surface area contributed by atoms with Crippen LogP contribution in [-0.2, 0) is 4.79 Å². The molecule has 1 aliphatic heterocycles. The van der Waals surface area contributed by atoms with Crippen LogP contribution in [0.4, 0.5) is 0 Å². The highest BCUT2D eigenvalue weighted by molar-refractivity contribution is 8.83. The van der Waals surface area contributed by atoms with Crippen molar-refractivity contribution in [3.05, 3.63) is 11.5 Å². The number of unbranched alkanes of at least 4 members (excludes halogenated alkanes) is 2. The normalized spacial score (nSPS) is 23.5. The lowest BCUT2D eigenvalue weighted by molar-refractivity contribution is -0.116. The quantitative estimate of drug-likeness (QED) is 0.542. The van der Waals surface area contributed by atoms with Gasteiger partial charge in [-0.3, -0.25) is 4.79 Å². The molecule has 0 spiro atoms. The van der Waals surface area contributed by atoms with Crippen LogP contribution < -0.4 is 0 Å². The van der Waals surface area contributed by atoms with E-state index in [1.165, 1.54) is 12.8 Å². The predicted octanol–water partition coefficient (Wildman–Crippen LogP) is 3.79. The third-order valence-corrected chi connectivity index (χ3v) is 3.92. The number of carbonyl (C=O) groups excluding carboxylic acids is 1. The third-order valence-electron chi connectivity index (χ3n) is 1.83. The summed E-state index contributed by atoms with van der Waals surface area (Å²) in [6.07, 6.45) is 6.83. The molecule has 0 atom stereocenters. The van der Waals surface area contributed by atoms with E-state index < -0.39 is 0 Å². The fourth-order valence-corrected chi connectivity index (χ4v) is 2.90. The van der Waals surface area contributed by atoms with Gasteiger partial charge in [0, 0.05) is 6.42 Å². The number of rotatable bonds is 4. The Kier molecular flexibility index (Phi) is 6.03. The minimum absolute atomic E-state index is 0.0134. The molecule has 0 radical (unpaired) electrons. The van der Waals surface area contributed by atoms with Crippen molar-refractivity contribution in [3.8, 4) is 0 Å². The zero-order chi connectivity index (χ0) is 10.2. The average molecular weight is 229 g/mol. The zero-order valence-electron chi connectivity index (χ0n) is 8.36. The second-order valence-corrected chi connectivity index (χ2v) is 5.29. The van der Waals surface area contributed by atoms with Crippen molar-refractivity contribution < 1.29 is 4.79 Å². The molecule has 0 aromatic carbocycles. The topological polar surface area (TPSA) is 29.4 Å². The number of hydrogen-bond acceptors (Lipinski definition) is 3. The standard InChI is InChI=1S/C10H15NOS2/c1-2-3-4-7-10-11-9(12)6-5-8-13-14-10/h5,8H,2-4,6-7H2,1H3/b8-5-,11-10-. The van der Waals surface area contributed by atoms with Gasteiger partial charge in [0.1, 0.15) is 0 Å². The van der Waals surface area contributed by atoms with Crippen LogP contribution in [-0.4, -0.2) is 11.0 Å². The van der Waals surface area contributed by atoms with Crippen molar-refractivity contribution in [3.63, 3.8) is 0 Å². The van der Waals surface area contributed by atoms with Gasteiger partial charge in [0.2, 0.25) is 5.91 Å². The van der Waals surface area contributed by atoms with Gasteiger partial charge in [0.25, 0.3) is 0 Å². The highest BCUT2D eigenvalue weighted by Gasteiger charge is 2.06. The van der Waals surface area contributed by atoms with Crippen LogP contribution >= 0.6 is 21.6 Å². The molecule has 2 nitrogen and oxygen atoms in total. The molecule has 0 fully saturated rings. The first-order valence-corrected chi connectivity index (χ1v) is 7.13. The molecule has 0 saturated carbocycles. The summed E-state index contributed by atoms with van der Waals surface area (Å²) in [5.74, 6) is -0.0134. The van der Waals surface area contributed by atoms with E-state index >= 15 is 0 Å². The summed E-state index contributed by atoms with van der Waals surface area (Å²) in [4.78, 5) is 15.3. The maximum atomic E-state index is 11.2. The van der Waals surface area contributed by atoms with Crippen molar-refractivity contribution in [2.45, 2.75) is 39.0 Å². The largest absolute Gasteiger partial charge is 0.272 e. The van der Waals surface area contributed by atoms with Gasteiger partial charge in [-0.2, -0.15) is 0 Å². The van der Waals surface area contributed by atoms with Gasteiger partial charge in [-0.25, -0.2) is 4.99 Å². The van der Waals surface area contributed by atoms with E-state index in [0.29, 0.717) is 6.42 Å². The maximum Gasteiger partial charge on any atom is 0.250 e. The summed E-state index contributed by atoms with van der Waals surface area (Å²) in [6, 6.07) is 0. The predicted molar refractivity (Wildman–Crippen MR) is 65.5 cm³/mol. The Hall–Kier alpha value is -0.220. The molecular weight excluding hydrogens is 214 g/mol. The molecule has 4 heteroatoms. The van der Waals surface area contributed by atoms with Crippen molar-refractivity contribution in [1.29, 1.82) is 0 Å². The maximum absolute atomic E-state index is 11.2. The molecule has 1 heterocycles. The minimum Gasteiger partial charge on any atom is -0.272 e. The number of carbonyl (C=O) groups is 1. The minimum atomic E-state index is -0.0134. The summed E-state index contributed by atoms with van der Waals surface area (Å²) in [5.41, 5.74) is 0. The van der Waals surface area contributed by atoms with Crippen LogP contribution in [0.25, 0.3) is 0 Å². The van der Waals surface area contributed by atoms with E-state index in [9.17, 15) is 4.79 Å². The Morgan fingerprint density at radius 2 is 2.36 bits per heavy atom. The molecular formula is C10H15NOS2. The number of amides is 1. The number of nitrogens with zero attached hydrogens (tertiary/aromatic N) is 1. The summed E-state index contributed by atoms with van der Waals surface area (Å²) in [5, 5.41) is 2.95. The molecule has 1 aliphatic rings. The first-order valence-electron chi connectivity index (χ1n) is 4.91. The van der Waals surface area contributed by atoms with Crippen LogP contribution in [0.5, 0.6) is 0 Å². The van der Waals surface area contributed by atoms with Crippen molar-refractivity contribution in [1.82, 2.24) is 0 Å². The molecule has 0 aliphatic carbocycles. The summed E-state index contributed by atoms with van der Waals surface area (Å²) >= 11 is 0. The Morgan fingerprint density at radius 1 is 1.50 bits per heavy atom. The van der Waals surface area contributed by atoms with Crippen LogP contribution in [0.3, 0.4) is 0 Å². The average Bonchev–Trinajstić information content (AvgIpc) is 2.13. The highest BCUT2D eigenvalue weighted by atomic mass is 33.1. The summed E-state index contributed by atoms with van der Waals surface area (Å²) in [6.45, 7) is 2.18. The molecule has 78 valence electrons. The van der Waals surface area contributed by atoms with Gasteiger partial charge in [-0.15, -0.1) is 0 Å². The fraction of sp³-hybridized carbons (Fsp3) is 0.600. The molecule has 1 rings (SSSR count). The van der Waals surface area contributed by atoms with Gasteiger partial charge >= 0.3 is 0 Å².